The Hall–Kier alpha value is -1.86. The highest BCUT2D eigenvalue weighted by molar-refractivity contribution is 5.84. The normalized spacial score (nSPS) is 42.1. The van der Waals surface area contributed by atoms with E-state index in [2.05, 4.69) is 17.2 Å². The van der Waals surface area contributed by atoms with Gasteiger partial charge in [0.05, 0.1) is 17.7 Å². The number of aliphatic hydroxyl groups is 1. The first-order chi connectivity index (χ1) is 17.2. The third-order valence-electron chi connectivity index (χ3n) is 11.2. The smallest absolute Gasteiger partial charge is 0.157 e. The summed E-state index contributed by atoms with van der Waals surface area (Å²) >= 11 is 0. The number of Topliss-reactive ketones (excluding diaryl/α,β-unsaturated/α-hetero) is 1. The lowest BCUT2D eigenvalue weighted by Gasteiger charge is -2.62. The lowest BCUT2D eigenvalue weighted by atomic mass is 9.43. The van der Waals surface area contributed by atoms with Gasteiger partial charge < -0.3 is 9.84 Å². The van der Waals surface area contributed by atoms with Crippen molar-refractivity contribution in [3.8, 4) is 0 Å². The summed E-state index contributed by atoms with van der Waals surface area (Å²) in [5.41, 5.74) is 0.826. The molecule has 1 heterocycles. The van der Waals surface area contributed by atoms with Gasteiger partial charge in [-0.15, -0.1) is 5.10 Å². The Morgan fingerprint density at radius 2 is 1.97 bits per heavy atom. The number of carbonyl (C=O) groups excluding carboxylic acids is 1. The van der Waals surface area contributed by atoms with Gasteiger partial charge in [-0.2, -0.15) is 0 Å². The summed E-state index contributed by atoms with van der Waals surface area (Å²) in [6.45, 7) is 5.38. The molecule has 6 nitrogen and oxygen atoms in total. The fraction of sp³-hybridized carbons (Fsp3) is 0.759. The van der Waals surface area contributed by atoms with Gasteiger partial charge in [0.15, 0.2) is 5.78 Å². The number of halogens is 1. The molecule has 7 heteroatoms. The molecular formula is C29H40FN3O3. The van der Waals surface area contributed by atoms with Crippen molar-refractivity contribution in [1.29, 1.82) is 0 Å². The number of hydrogen-bond acceptors (Lipinski definition) is 5. The van der Waals surface area contributed by atoms with Crippen molar-refractivity contribution < 1.29 is 19.0 Å². The van der Waals surface area contributed by atoms with Crippen molar-refractivity contribution in [2.24, 2.45) is 40.4 Å². The number of carbonyl (C=O) groups is 1. The Kier molecular flexibility index (Phi) is 5.84. The first kappa shape index (κ1) is 24.5. The SMILES string of the molecule is COC[C@]12CC[C@@](C)(O)C[C@@H]1CC[C@H]1[C@@H]3CC[C@H](C(=O)Cn4nnc5cc(F)ccc54)[C@@]3(C)CC[C@@H]12. The predicted octanol–water partition coefficient (Wildman–Crippen LogP) is 5.18. The van der Waals surface area contributed by atoms with Gasteiger partial charge in [-0.05, 0) is 111 Å². The first-order valence-corrected chi connectivity index (χ1v) is 13.9. The van der Waals surface area contributed by atoms with Gasteiger partial charge in [0.2, 0.25) is 0 Å². The van der Waals surface area contributed by atoms with E-state index in [-0.39, 0.29) is 34.9 Å². The van der Waals surface area contributed by atoms with Crippen molar-refractivity contribution in [1.82, 2.24) is 15.0 Å². The number of fused-ring (bicyclic) bond motifs is 6. The van der Waals surface area contributed by atoms with Crippen LogP contribution < -0.4 is 0 Å². The molecule has 2 aromatic rings. The third-order valence-corrected chi connectivity index (χ3v) is 11.2. The predicted molar refractivity (Wildman–Crippen MR) is 135 cm³/mol. The minimum atomic E-state index is -0.555. The zero-order valence-electron chi connectivity index (χ0n) is 21.9. The summed E-state index contributed by atoms with van der Waals surface area (Å²) in [6, 6.07) is 4.43. The summed E-state index contributed by atoms with van der Waals surface area (Å²) in [5.74, 6) is 2.26. The summed E-state index contributed by atoms with van der Waals surface area (Å²) in [5, 5.41) is 19.1. The van der Waals surface area contributed by atoms with Crippen LogP contribution in [0, 0.1) is 46.2 Å². The van der Waals surface area contributed by atoms with Crippen molar-refractivity contribution in [2.45, 2.75) is 83.8 Å². The van der Waals surface area contributed by atoms with Gasteiger partial charge in [-0.25, -0.2) is 9.07 Å². The highest BCUT2D eigenvalue weighted by Crippen LogP contribution is 2.68. The molecule has 0 amide bonds. The molecule has 0 unspecified atom stereocenters. The van der Waals surface area contributed by atoms with Crippen LogP contribution in [0.2, 0.25) is 0 Å². The van der Waals surface area contributed by atoms with Crippen molar-refractivity contribution in [3.05, 3.63) is 24.0 Å². The lowest BCUT2D eigenvalue weighted by Crippen LogP contribution is -2.58. The molecule has 0 bridgehead atoms. The van der Waals surface area contributed by atoms with Gasteiger partial charge in [-0.1, -0.05) is 12.1 Å². The van der Waals surface area contributed by atoms with Crippen LogP contribution in [0.15, 0.2) is 18.2 Å². The minimum absolute atomic E-state index is 0.0159. The van der Waals surface area contributed by atoms with Crippen molar-refractivity contribution in [3.63, 3.8) is 0 Å². The average molecular weight is 498 g/mol. The van der Waals surface area contributed by atoms with Gasteiger partial charge in [0.25, 0.3) is 0 Å². The molecule has 0 radical (unpaired) electrons. The minimum Gasteiger partial charge on any atom is -0.390 e. The molecule has 1 N–H and O–H groups in total. The van der Waals surface area contributed by atoms with E-state index in [0.717, 1.165) is 58.0 Å². The van der Waals surface area contributed by atoms with Gasteiger partial charge >= 0.3 is 0 Å². The fourth-order valence-electron chi connectivity index (χ4n) is 9.63. The largest absolute Gasteiger partial charge is 0.390 e. The number of hydrogen-bond donors (Lipinski definition) is 1. The zero-order valence-corrected chi connectivity index (χ0v) is 21.9. The molecule has 0 aliphatic heterocycles. The van der Waals surface area contributed by atoms with Crippen molar-refractivity contribution in [2.75, 3.05) is 13.7 Å². The van der Waals surface area contributed by atoms with E-state index in [0.29, 0.717) is 34.7 Å². The molecule has 4 aliphatic rings. The Labute approximate surface area is 213 Å². The van der Waals surface area contributed by atoms with Gasteiger partial charge in [-0.3, -0.25) is 4.79 Å². The molecule has 0 saturated heterocycles. The molecule has 4 aliphatic carbocycles. The second-order valence-corrected chi connectivity index (χ2v) is 13.0. The molecule has 1 aromatic heterocycles. The Balaban J connectivity index is 1.23. The molecule has 36 heavy (non-hydrogen) atoms. The van der Waals surface area contributed by atoms with Crippen LogP contribution in [-0.4, -0.2) is 45.2 Å². The highest BCUT2D eigenvalue weighted by Gasteiger charge is 2.63. The van der Waals surface area contributed by atoms with Crippen molar-refractivity contribution >= 4 is 16.8 Å². The standard InChI is InChI=1S/C29H40FN3O3/c1-27(35)12-13-29(17-36-3)18(15-27)4-6-20-21-7-8-23(28(21,2)11-10-22(20)29)26(34)16-33-25-9-5-19(30)14-24(25)31-32-33/h5,9,14,18,20-23,35H,4,6-8,10-13,15-17H2,1-3H3/t18-,20-,21-,22-,23+,27+,28-,29+/m0/s1. The van der Waals surface area contributed by atoms with E-state index in [1.54, 1.807) is 10.7 Å². The highest BCUT2D eigenvalue weighted by atomic mass is 19.1. The Morgan fingerprint density at radius 1 is 1.14 bits per heavy atom. The molecule has 196 valence electrons. The molecule has 4 saturated carbocycles. The summed E-state index contributed by atoms with van der Waals surface area (Å²) < 4.78 is 21.1. The van der Waals surface area contributed by atoms with Gasteiger partial charge in [0.1, 0.15) is 17.9 Å². The zero-order chi connectivity index (χ0) is 25.3. The van der Waals surface area contributed by atoms with E-state index in [1.165, 1.54) is 18.6 Å². The molecule has 1 aromatic carbocycles. The Morgan fingerprint density at radius 3 is 2.78 bits per heavy atom. The quantitative estimate of drug-likeness (QED) is 0.616. The van der Waals surface area contributed by atoms with Crippen LogP contribution in [0.3, 0.4) is 0 Å². The number of aromatic nitrogens is 3. The molecular weight excluding hydrogens is 457 g/mol. The van der Waals surface area contributed by atoms with E-state index in [9.17, 15) is 14.3 Å². The first-order valence-electron chi connectivity index (χ1n) is 13.9. The van der Waals surface area contributed by atoms with Crippen LogP contribution in [0.4, 0.5) is 4.39 Å². The van der Waals surface area contributed by atoms with Crippen LogP contribution in [-0.2, 0) is 16.1 Å². The second-order valence-electron chi connectivity index (χ2n) is 13.0. The Bertz CT molecular complexity index is 1160. The number of methoxy groups -OCH3 is 1. The second kappa shape index (κ2) is 8.59. The fourth-order valence-corrected chi connectivity index (χ4v) is 9.63. The molecule has 0 spiro atoms. The average Bonchev–Trinajstić information content (AvgIpc) is 3.39. The van der Waals surface area contributed by atoms with Crippen LogP contribution in [0.5, 0.6) is 0 Å². The maximum Gasteiger partial charge on any atom is 0.157 e. The summed E-state index contributed by atoms with van der Waals surface area (Å²) in [7, 11) is 1.83. The number of nitrogens with zero attached hydrogens (tertiary/aromatic N) is 3. The van der Waals surface area contributed by atoms with E-state index in [1.807, 2.05) is 14.0 Å². The lowest BCUT2D eigenvalue weighted by molar-refractivity contribution is -0.175. The summed E-state index contributed by atoms with van der Waals surface area (Å²) in [6.07, 6.45) is 9.44. The maximum absolute atomic E-state index is 13.7. The van der Waals surface area contributed by atoms with E-state index < -0.39 is 5.60 Å². The van der Waals surface area contributed by atoms with E-state index >= 15 is 0 Å². The van der Waals surface area contributed by atoms with Crippen LogP contribution >= 0.6 is 0 Å². The van der Waals surface area contributed by atoms with E-state index in [4.69, 9.17) is 4.74 Å². The van der Waals surface area contributed by atoms with Crippen LogP contribution in [0.25, 0.3) is 11.0 Å². The summed E-state index contributed by atoms with van der Waals surface area (Å²) in [4.78, 5) is 13.7. The monoisotopic (exact) mass is 497 g/mol. The third kappa shape index (κ3) is 3.67. The molecule has 6 rings (SSSR count). The number of rotatable bonds is 5. The number of ketones is 1. The maximum atomic E-state index is 13.7. The number of benzene rings is 1. The molecule has 8 atom stereocenters. The number of ether oxygens (including phenoxy) is 1. The van der Waals surface area contributed by atoms with Gasteiger partial charge in [0, 0.05) is 19.1 Å². The topological polar surface area (TPSA) is 77.2 Å². The molecule has 4 fully saturated rings. The van der Waals surface area contributed by atoms with Crippen LogP contribution in [0.1, 0.15) is 71.6 Å².